The molecule has 1 fully saturated rings. The predicted molar refractivity (Wildman–Crippen MR) is 67.9 cm³/mol. The molecule has 6 nitrogen and oxygen atoms in total. The van der Waals surface area contributed by atoms with Crippen LogP contribution in [0, 0.1) is 0 Å². The number of morpholine rings is 1. The fourth-order valence-electron chi connectivity index (χ4n) is 2.46. The van der Waals surface area contributed by atoms with Crippen molar-refractivity contribution in [1.82, 2.24) is 14.9 Å². The molecule has 0 spiro atoms. The molecule has 1 saturated heterocycles. The van der Waals surface area contributed by atoms with Crippen LogP contribution in [0.1, 0.15) is 23.9 Å². The average molecular weight is 250 g/mol. The number of hydrogen-bond acceptors (Lipinski definition) is 5. The molecule has 98 valence electrons. The van der Waals surface area contributed by atoms with Gasteiger partial charge in [0.1, 0.15) is 17.7 Å². The Morgan fingerprint density at radius 3 is 3.22 bits per heavy atom. The van der Waals surface area contributed by atoms with Crippen LogP contribution in [0.2, 0.25) is 0 Å². The maximum absolute atomic E-state index is 12.0. The van der Waals surface area contributed by atoms with Gasteiger partial charge in [-0.3, -0.25) is 4.79 Å². The largest absolute Gasteiger partial charge is 0.370 e. The van der Waals surface area contributed by atoms with Gasteiger partial charge in [-0.2, -0.15) is 0 Å². The van der Waals surface area contributed by atoms with E-state index in [4.69, 9.17) is 4.74 Å². The normalized spacial score (nSPS) is 24.4. The van der Waals surface area contributed by atoms with Crippen molar-refractivity contribution in [3.8, 4) is 0 Å². The lowest BCUT2D eigenvalue weighted by Gasteiger charge is -2.29. The number of ether oxygens (including phenoxy) is 1. The second kappa shape index (κ2) is 4.70. The highest BCUT2D eigenvalue weighted by molar-refractivity contribution is 5.45. The lowest BCUT2D eigenvalue weighted by atomic mass is 10.1. The molecule has 18 heavy (non-hydrogen) atoms. The highest BCUT2D eigenvalue weighted by Crippen LogP contribution is 2.21. The molecular formula is C12H18N4O2. The second-order valence-electron chi connectivity index (χ2n) is 4.93. The smallest absolute Gasteiger partial charge is 0.256 e. The number of H-pyrrole nitrogens is 1. The highest BCUT2D eigenvalue weighted by Gasteiger charge is 2.24. The Hall–Kier alpha value is -1.40. The number of anilines is 1. The summed E-state index contributed by atoms with van der Waals surface area (Å²) in [7, 11) is 2.05. The van der Waals surface area contributed by atoms with Crippen molar-refractivity contribution in [2.45, 2.75) is 18.9 Å². The average Bonchev–Trinajstić information content (AvgIpc) is 2.39. The van der Waals surface area contributed by atoms with Crippen LogP contribution in [0.4, 0.5) is 5.82 Å². The first-order chi connectivity index (χ1) is 8.74. The number of likely N-dealkylation sites (N-methyl/N-ethyl adjacent to an activating group) is 1. The molecule has 3 heterocycles. The van der Waals surface area contributed by atoms with Gasteiger partial charge in [0.05, 0.1) is 12.2 Å². The summed E-state index contributed by atoms with van der Waals surface area (Å²) in [5.74, 6) is 1.37. The van der Waals surface area contributed by atoms with Crippen LogP contribution in [0.3, 0.4) is 0 Å². The third-order valence-electron chi connectivity index (χ3n) is 3.50. The van der Waals surface area contributed by atoms with Crippen LogP contribution in [-0.2, 0) is 11.2 Å². The molecule has 0 amide bonds. The summed E-state index contributed by atoms with van der Waals surface area (Å²) in [5.41, 5.74) is 0.744. The summed E-state index contributed by atoms with van der Waals surface area (Å²) in [6, 6.07) is 0. The molecule has 1 atom stereocenters. The minimum atomic E-state index is -0.134. The third-order valence-corrected chi connectivity index (χ3v) is 3.50. The molecule has 0 bridgehead atoms. The number of hydrogen-bond donors (Lipinski definition) is 2. The SMILES string of the molecule is CN1CCOC(c2nc3c(c(=O)[nH]2)CCCN3)C1. The van der Waals surface area contributed by atoms with Gasteiger partial charge in [0.15, 0.2) is 0 Å². The number of fused-ring (bicyclic) bond motifs is 1. The molecule has 0 saturated carbocycles. The lowest BCUT2D eigenvalue weighted by molar-refractivity contribution is -0.0255. The van der Waals surface area contributed by atoms with Crippen LogP contribution < -0.4 is 10.9 Å². The molecule has 2 aliphatic heterocycles. The summed E-state index contributed by atoms with van der Waals surface area (Å²) in [5, 5.41) is 3.19. The second-order valence-corrected chi connectivity index (χ2v) is 4.93. The van der Waals surface area contributed by atoms with Gasteiger partial charge in [0.2, 0.25) is 0 Å². The Labute approximate surface area is 105 Å². The van der Waals surface area contributed by atoms with Gasteiger partial charge in [-0.15, -0.1) is 0 Å². The van der Waals surface area contributed by atoms with E-state index in [-0.39, 0.29) is 11.7 Å². The zero-order valence-corrected chi connectivity index (χ0v) is 10.5. The fraction of sp³-hybridized carbons (Fsp3) is 0.667. The van der Waals surface area contributed by atoms with E-state index in [0.29, 0.717) is 12.4 Å². The summed E-state index contributed by atoms with van der Waals surface area (Å²) < 4.78 is 5.68. The molecule has 6 heteroatoms. The first kappa shape index (κ1) is 11.7. The van der Waals surface area contributed by atoms with Crippen LogP contribution in [-0.4, -0.2) is 48.2 Å². The predicted octanol–water partition coefficient (Wildman–Crippen LogP) is 0.131. The van der Waals surface area contributed by atoms with Gasteiger partial charge in [0.25, 0.3) is 5.56 Å². The van der Waals surface area contributed by atoms with Crippen molar-refractivity contribution in [3.05, 3.63) is 21.7 Å². The van der Waals surface area contributed by atoms with E-state index in [2.05, 4.69) is 20.2 Å². The molecule has 1 unspecified atom stereocenters. The maximum atomic E-state index is 12.0. The number of nitrogens with zero attached hydrogens (tertiary/aromatic N) is 2. The van der Waals surface area contributed by atoms with Crippen molar-refractivity contribution < 1.29 is 4.74 Å². The van der Waals surface area contributed by atoms with Gasteiger partial charge < -0.3 is 19.9 Å². The van der Waals surface area contributed by atoms with Gasteiger partial charge in [-0.05, 0) is 19.9 Å². The van der Waals surface area contributed by atoms with Crippen LogP contribution in [0.25, 0.3) is 0 Å². The topological polar surface area (TPSA) is 70.2 Å². The Morgan fingerprint density at radius 2 is 2.39 bits per heavy atom. The minimum absolute atomic E-state index is 0.0287. The van der Waals surface area contributed by atoms with Crippen molar-refractivity contribution in [2.75, 3.05) is 38.6 Å². The van der Waals surface area contributed by atoms with Gasteiger partial charge in [-0.1, -0.05) is 0 Å². The van der Waals surface area contributed by atoms with E-state index in [1.165, 1.54) is 0 Å². The molecule has 2 aliphatic rings. The first-order valence-corrected chi connectivity index (χ1v) is 6.41. The van der Waals surface area contributed by atoms with Crippen LogP contribution in [0.15, 0.2) is 4.79 Å². The van der Waals surface area contributed by atoms with E-state index in [9.17, 15) is 4.79 Å². The van der Waals surface area contributed by atoms with Crippen molar-refractivity contribution in [3.63, 3.8) is 0 Å². The van der Waals surface area contributed by atoms with Crippen molar-refractivity contribution in [2.24, 2.45) is 0 Å². The molecule has 3 rings (SSSR count). The first-order valence-electron chi connectivity index (χ1n) is 6.41. The van der Waals surface area contributed by atoms with Crippen molar-refractivity contribution in [1.29, 1.82) is 0 Å². The Bertz CT molecular complexity index is 499. The molecular weight excluding hydrogens is 232 g/mol. The maximum Gasteiger partial charge on any atom is 0.256 e. The van der Waals surface area contributed by atoms with Crippen LogP contribution in [0.5, 0.6) is 0 Å². The summed E-state index contributed by atoms with van der Waals surface area (Å²) in [4.78, 5) is 21.6. The lowest BCUT2D eigenvalue weighted by Crippen LogP contribution is -2.37. The van der Waals surface area contributed by atoms with E-state index in [1.807, 2.05) is 7.05 Å². The summed E-state index contributed by atoms with van der Waals surface area (Å²) in [6.45, 7) is 3.25. The zero-order chi connectivity index (χ0) is 12.5. The Kier molecular flexibility index (Phi) is 3.05. The van der Waals surface area contributed by atoms with E-state index in [1.54, 1.807) is 0 Å². The van der Waals surface area contributed by atoms with Gasteiger partial charge >= 0.3 is 0 Å². The third kappa shape index (κ3) is 2.13. The fourth-order valence-corrected chi connectivity index (χ4v) is 2.46. The van der Waals surface area contributed by atoms with Crippen molar-refractivity contribution >= 4 is 5.82 Å². The van der Waals surface area contributed by atoms with Gasteiger partial charge in [0, 0.05) is 19.6 Å². The molecule has 1 aromatic rings. The van der Waals surface area contributed by atoms with Crippen LogP contribution >= 0.6 is 0 Å². The van der Waals surface area contributed by atoms with E-state index >= 15 is 0 Å². The van der Waals surface area contributed by atoms with E-state index in [0.717, 1.165) is 43.9 Å². The summed E-state index contributed by atoms with van der Waals surface area (Å²) >= 11 is 0. The number of aromatic amines is 1. The highest BCUT2D eigenvalue weighted by atomic mass is 16.5. The number of aromatic nitrogens is 2. The Balaban J connectivity index is 1.93. The number of rotatable bonds is 1. The minimum Gasteiger partial charge on any atom is -0.370 e. The quantitative estimate of drug-likeness (QED) is 0.741. The molecule has 2 N–H and O–H groups in total. The Morgan fingerprint density at radius 1 is 1.50 bits per heavy atom. The van der Waals surface area contributed by atoms with Gasteiger partial charge in [-0.25, -0.2) is 4.98 Å². The standard InChI is InChI=1S/C12H18N4O2/c1-16-5-6-18-9(7-16)11-14-10-8(12(17)15-11)3-2-4-13-10/h9H,2-7H2,1H3,(H2,13,14,15,17). The molecule has 0 aromatic carbocycles. The number of nitrogens with one attached hydrogen (secondary N) is 2. The molecule has 0 aliphatic carbocycles. The summed E-state index contributed by atoms with van der Waals surface area (Å²) in [6.07, 6.45) is 1.65. The van der Waals surface area contributed by atoms with E-state index < -0.39 is 0 Å². The molecule has 0 radical (unpaired) electrons. The zero-order valence-electron chi connectivity index (χ0n) is 10.5. The monoisotopic (exact) mass is 250 g/mol. The molecule has 1 aromatic heterocycles.